The lowest BCUT2D eigenvalue weighted by Gasteiger charge is -2.04. The van der Waals surface area contributed by atoms with Crippen LogP contribution in [0, 0.1) is 0 Å². The molecule has 0 fully saturated rings. The first-order valence-corrected chi connectivity index (χ1v) is 10.6. The number of para-hydroxylation sites is 1. The largest absolute Gasteiger partial charge is 0.321 e. The molecule has 0 unspecified atom stereocenters. The van der Waals surface area contributed by atoms with Crippen LogP contribution in [0.4, 0.5) is 5.69 Å². The smallest absolute Gasteiger partial charge is 0.275 e. The molecule has 1 aliphatic heterocycles. The number of carbonyl (C=O) groups is 1. The number of hydrogen-bond acceptors (Lipinski definition) is 4. The molecule has 3 heterocycles. The fraction of sp³-hybridized carbons (Fsp3) is 0. The Balaban J connectivity index is 1.72. The normalized spacial score (nSPS) is 14.6. The van der Waals surface area contributed by atoms with Crippen LogP contribution in [-0.2, 0) is 4.79 Å². The van der Waals surface area contributed by atoms with Gasteiger partial charge in [0.1, 0.15) is 4.53 Å². The second kappa shape index (κ2) is 6.75. The van der Waals surface area contributed by atoms with Crippen LogP contribution in [0.3, 0.4) is 0 Å². The molecular weight excluding hydrogens is 406 g/mol. The molecule has 5 aromatic rings. The maximum absolute atomic E-state index is 13.6. The summed E-state index contributed by atoms with van der Waals surface area (Å²) in [5.41, 5.74) is 4.99. The van der Waals surface area contributed by atoms with E-state index in [0.717, 1.165) is 33.8 Å². The van der Waals surface area contributed by atoms with Crippen molar-refractivity contribution in [3.8, 4) is 22.5 Å². The molecule has 31 heavy (non-hydrogen) atoms. The second-order valence-corrected chi connectivity index (χ2v) is 8.25. The summed E-state index contributed by atoms with van der Waals surface area (Å²) in [6.45, 7) is 0. The Hall–Kier alpha value is -4.03. The highest BCUT2D eigenvalue weighted by Gasteiger charge is 2.28. The summed E-state index contributed by atoms with van der Waals surface area (Å²) in [5.74, 6) is -0.257. The summed E-state index contributed by atoms with van der Waals surface area (Å²) in [4.78, 5) is 31.8. The average Bonchev–Trinajstić information content (AvgIpc) is 3.44. The van der Waals surface area contributed by atoms with Gasteiger partial charge < -0.3 is 5.32 Å². The van der Waals surface area contributed by atoms with Crippen LogP contribution in [0.25, 0.3) is 33.0 Å². The number of nitrogens with zero attached hydrogens (tertiary/aromatic N) is 2. The predicted molar refractivity (Wildman–Crippen MR) is 123 cm³/mol. The summed E-state index contributed by atoms with van der Waals surface area (Å²) in [5, 5.41) is 2.86. The standard InChI is InChI=1S/C25H15N3O2S/c29-23-19(17-13-7-8-14-18(17)26-23)22-24(30)28-21(16-11-5-2-6-12-16)20(27-25(28)31-22)15-9-3-1-4-10-15/h1-14H,(H,26,29)/b22-19-. The number of amides is 1. The van der Waals surface area contributed by atoms with Crippen molar-refractivity contribution in [2.24, 2.45) is 0 Å². The first-order valence-electron chi connectivity index (χ1n) is 9.83. The predicted octanol–water partition coefficient (Wildman–Crippen LogP) is 3.96. The summed E-state index contributed by atoms with van der Waals surface area (Å²) in [6, 6.07) is 27.0. The molecule has 0 saturated carbocycles. The van der Waals surface area contributed by atoms with Gasteiger partial charge in [-0.25, -0.2) is 9.38 Å². The second-order valence-electron chi connectivity index (χ2n) is 7.27. The van der Waals surface area contributed by atoms with Crippen molar-refractivity contribution in [3.63, 3.8) is 0 Å². The summed E-state index contributed by atoms with van der Waals surface area (Å²) >= 11 is 1.25. The SMILES string of the molecule is O=C1Nc2ccccc2/C1=c1/sc2nc(-c3ccccc3)c(-c3ccccc3)n2c1=O. The number of imidazole rings is 1. The molecule has 3 aromatic carbocycles. The molecule has 6 rings (SSSR count). The van der Waals surface area contributed by atoms with Gasteiger partial charge in [0.2, 0.25) is 0 Å². The van der Waals surface area contributed by atoms with Gasteiger partial charge >= 0.3 is 0 Å². The molecule has 6 heteroatoms. The van der Waals surface area contributed by atoms with E-state index in [1.807, 2.05) is 84.9 Å². The number of anilines is 1. The topological polar surface area (TPSA) is 63.5 Å². The Morgan fingerprint density at radius 3 is 2.16 bits per heavy atom. The number of carbonyl (C=O) groups excluding carboxylic acids is 1. The fourth-order valence-corrected chi connectivity index (χ4v) is 5.12. The number of benzene rings is 3. The van der Waals surface area contributed by atoms with E-state index in [9.17, 15) is 9.59 Å². The van der Waals surface area contributed by atoms with Crippen LogP contribution in [-0.4, -0.2) is 15.3 Å². The Labute approximate surface area is 180 Å². The van der Waals surface area contributed by atoms with Gasteiger partial charge in [0, 0.05) is 22.4 Å². The van der Waals surface area contributed by atoms with E-state index in [0.29, 0.717) is 15.1 Å². The molecule has 1 N–H and O–H groups in total. The minimum atomic E-state index is -0.257. The van der Waals surface area contributed by atoms with Crippen LogP contribution in [0.1, 0.15) is 5.56 Å². The minimum Gasteiger partial charge on any atom is -0.321 e. The summed E-state index contributed by atoms with van der Waals surface area (Å²) < 4.78 is 2.04. The Kier molecular flexibility index (Phi) is 3.88. The minimum absolute atomic E-state index is 0.226. The first kappa shape index (κ1) is 17.8. The zero-order valence-corrected chi connectivity index (χ0v) is 17.0. The van der Waals surface area contributed by atoms with E-state index in [4.69, 9.17) is 4.98 Å². The van der Waals surface area contributed by atoms with E-state index in [1.54, 1.807) is 4.40 Å². The molecule has 148 valence electrons. The quantitative estimate of drug-likeness (QED) is 0.469. The van der Waals surface area contributed by atoms with Crippen LogP contribution in [0.5, 0.6) is 0 Å². The molecule has 1 amide bonds. The van der Waals surface area contributed by atoms with Gasteiger partial charge in [0.05, 0.1) is 17.0 Å². The highest BCUT2D eigenvalue weighted by atomic mass is 32.1. The molecule has 0 radical (unpaired) electrons. The molecule has 0 aliphatic carbocycles. The van der Waals surface area contributed by atoms with Crippen LogP contribution in [0.2, 0.25) is 0 Å². The Morgan fingerprint density at radius 2 is 1.42 bits per heavy atom. The molecule has 5 nitrogen and oxygen atoms in total. The third-order valence-electron chi connectivity index (χ3n) is 5.43. The molecule has 0 saturated heterocycles. The van der Waals surface area contributed by atoms with Gasteiger partial charge in [-0.3, -0.25) is 9.59 Å². The maximum Gasteiger partial charge on any atom is 0.275 e. The van der Waals surface area contributed by atoms with E-state index in [-0.39, 0.29) is 11.5 Å². The Morgan fingerprint density at radius 1 is 0.774 bits per heavy atom. The van der Waals surface area contributed by atoms with Crippen molar-refractivity contribution in [2.75, 3.05) is 5.32 Å². The van der Waals surface area contributed by atoms with Gasteiger partial charge in [-0.15, -0.1) is 0 Å². The number of nitrogens with one attached hydrogen (secondary N) is 1. The van der Waals surface area contributed by atoms with Gasteiger partial charge in [0.15, 0.2) is 4.96 Å². The number of aromatic nitrogens is 2. The fourth-order valence-electron chi connectivity index (χ4n) is 4.05. The molecular formula is C25H15N3O2S. The van der Waals surface area contributed by atoms with Crippen LogP contribution in [0.15, 0.2) is 89.7 Å². The highest BCUT2D eigenvalue weighted by Crippen LogP contribution is 2.33. The zero-order chi connectivity index (χ0) is 20.9. The first-order chi connectivity index (χ1) is 15.2. The zero-order valence-electron chi connectivity index (χ0n) is 16.2. The average molecular weight is 421 g/mol. The monoisotopic (exact) mass is 421 g/mol. The summed E-state index contributed by atoms with van der Waals surface area (Å²) in [7, 11) is 0. The highest BCUT2D eigenvalue weighted by molar-refractivity contribution is 7.15. The van der Waals surface area contributed by atoms with Crippen molar-refractivity contribution in [3.05, 3.63) is 105 Å². The van der Waals surface area contributed by atoms with Gasteiger partial charge in [-0.05, 0) is 6.07 Å². The van der Waals surface area contributed by atoms with Crippen LogP contribution >= 0.6 is 11.3 Å². The lowest BCUT2D eigenvalue weighted by atomic mass is 10.0. The lowest BCUT2D eigenvalue weighted by molar-refractivity contribution is -0.110. The molecule has 2 aromatic heterocycles. The molecule has 0 atom stereocenters. The lowest BCUT2D eigenvalue weighted by Crippen LogP contribution is -2.28. The number of hydrogen-bond donors (Lipinski definition) is 1. The van der Waals surface area contributed by atoms with Gasteiger partial charge in [0.25, 0.3) is 11.5 Å². The van der Waals surface area contributed by atoms with Gasteiger partial charge in [-0.2, -0.15) is 0 Å². The van der Waals surface area contributed by atoms with Crippen LogP contribution < -0.4 is 15.4 Å². The van der Waals surface area contributed by atoms with Crippen molar-refractivity contribution in [2.45, 2.75) is 0 Å². The van der Waals surface area contributed by atoms with E-state index >= 15 is 0 Å². The van der Waals surface area contributed by atoms with E-state index in [1.165, 1.54) is 11.3 Å². The number of thiazole rings is 1. The van der Waals surface area contributed by atoms with Crippen molar-refractivity contribution in [1.29, 1.82) is 0 Å². The molecule has 1 aliphatic rings. The van der Waals surface area contributed by atoms with Gasteiger partial charge in [-0.1, -0.05) is 90.2 Å². The molecule has 0 spiro atoms. The maximum atomic E-state index is 13.6. The number of rotatable bonds is 2. The van der Waals surface area contributed by atoms with Crippen molar-refractivity contribution >= 4 is 33.5 Å². The Bertz CT molecular complexity index is 1580. The number of fused-ring (bicyclic) bond motifs is 2. The summed E-state index contributed by atoms with van der Waals surface area (Å²) in [6.07, 6.45) is 0. The van der Waals surface area contributed by atoms with E-state index in [2.05, 4.69) is 5.32 Å². The third kappa shape index (κ3) is 2.65. The van der Waals surface area contributed by atoms with Crippen molar-refractivity contribution < 1.29 is 4.79 Å². The van der Waals surface area contributed by atoms with E-state index < -0.39 is 0 Å². The third-order valence-corrected chi connectivity index (χ3v) is 6.47. The molecule has 0 bridgehead atoms. The van der Waals surface area contributed by atoms with Crippen molar-refractivity contribution in [1.82, 2.24) is 9.38 Å².